The number of piperazine rings is 1. The van der Waals surface area contributed by atoms with Crippen molar-refractivity contribution in [2.75, 3.05) is 63.3 Å². The Balaban J connectivity index is 0.000000153. The van der Waals surface area contributed by atoms with Gasteiger partial charge in [0.2, 0.25) is 11.9 Å². The van der Waals surface area contributed by atoms with Crippen LogP contribution in [0.1, 0.15) is 176 Å². The van der Waals surface area contributed by atoms with Crippen LogP contribution in [0.5, 0.6) is 11.5 Å². The number of aliphatic hydroxyl groups excluding tert-OH is 2. The number of Topliss-reactive ketones (excluding diaryl/α,β-unsaturated/α-hetero) is 1. The molecule has 662 valence electrons. The van der Waals surface area contributed by atoms with Crippen LogP contribution in [0.2, 0.25) is 5.02 Å². The summed E-state index contributed by atoms with van der Waals surface area (Å²) in [5, 5.41) is 36.2. The molecular formula is C94H109ClF3N19O9. The number of nitrogens with zero attached hydrogens (tertiary/aromatic N) is 14. The summed E-state index contributed by atoms with van der Waals surface area (Å²) in [7, 11) is 6.35. The SMILES string of the molecule is CC(C)(C)Cn1c(N)nc2ccc(C3=C(c4ccc(F)cc4)N=C(C(C)(C)C)C3)nc21.CCCNC(=O)c1cn2ncnc(Nc3cc(C(=O)NC4CC4)ccc3C)c2c1C.C[C@@H]1CN(Cc2ccc(F)cc2)[C@@H](C)CN1C(=O)c1cc2c(C(=O)C(=O)N(C)C)cn(C)c2cc1Cl.Cc1ccc(Oc2cc3cnc(NC(CCO)CCO)nc3n(C)c2=O)c(F)c1. The molecule has 7 aromatic heterocycles. The number of anilines is 4. The number of aromatic nitrogens is 10. The minimum Gasteiger partial charge on any atom is -0.448 e. The number of hydrogen-bond acceptors (Lipinski definition) is 20. The summed E-state index contributed by atoms with van der Waals surface area (Å²) in [5.41, 5.74) is 19.8. The number of ketones is 1. The van der Waals surface area contributed by atoms with E-state index < -0.39 is 23.1 Å². The Morgan fingerprint density at radius 2 is 1.46 bits per heavy atom. The van der Waals surface area contributed by atoms with Crippen molar-refractivity contribution >= 4 is 120 Å². The quantitative estimate of drug-likeness (QED) is 0.0231. The zero-order chi connectivity index (χ0) is 91.1. The van der Waals surface area contributed by atoms with Crippen LogP contribution < -0.4 is 37.3 Å². The smallest absolute Gasteiger partial charge is 0.294 e. The maximum absolute atomic E-state index is 14.1. The molecule has 28 nitrogen and oxygen atoms in total. The van der Waals surface area contributed by atoms with Gasteiger partial charge in [0.15, 0.2) is 28.8 Å². The Morgan fingerprint density at radius 3 is 2.11 bits per heavy atom. The molecule has 4 amide bonds. The molecule has 0 spiro atoms. The van der Waals surface area contributed by atoms with Crippen LogP contribution in [0, 0.1) is 49.1 Å². The number of allylic oxidation sites excluding steroid dienone is 1. The van der Waals surface area contributed by atoms with Crippen LogP contribution in [-0.2, 0) is 32.0 Å². The van der Waals surface area contributed by atoms with Crippen molar-refractivity contribution in [3.8, 4) is 11.5 Å². The van der Waals surface area contributed by atoms with E-state index in [1.807, 2.05) is 62.6 Å². The average molecular weight is 1740 g/mol. The highest BCUT2D eigenvalue weighted by atomic mass is 35.5. The van der Waals surface area contributed by atoms with Crippen LogP contribution >= 0.6 is 11.6 Å². The number of nitrogen functional groups attached to an aromatic ring is 1. The lowest BCUT2D eigenvalue weighted by Crippen LogP contribution is -2.57. The molecule has 1 saturated heterocycles. The number of ether oxygens (including phenoxy) is 1. The van der Waals surface area contributed by atoms with Crippen molar-refractivity contribution in [3.05, 3.63) is 229 Å². The topological polar surface area (TPSA) is 345 Å². The van der Waals surface area contributed by atoms with E-state index in [9.17, 15) is 41.9 Å². The molecule has 9 heterocycles. The maximum atomic E-state index is 14.1. The summed E-state index contributed by atoms with van der Waals surface area (Å²) in [4.78, 5) is 109. The van der Waals surface area contributed by atoms with Crippen molar-refractivity contribution in [2.24, 2.45) is 29.9 Å². The second-order valence-electron chi connectivity index (χ2n) is 34.7. The number of benzene rings is 5. The molecular weight excluding hydrogens is 1630 g/mol. The summed E-state index contributed by atoms with van der Waals surface area (Å²) in [6.45, 7) is 27.7. The summed E-state index contributed by atoms with van der Waals surface area (Å²) >= 11 is 6.56. The third-order valence-corrected chi connectivity index (χ3v) is 22.3. The Hall–Kier alpha value is -12.7. The standard InChI is InChI=1S/C27H30ClFN4O3.C25H30FN5.C22H26N6O2.C20H23FN4O4/c1-16-13-33(17(2)12-32(16)14-18-6-8-19(29)9-7-18)26(35)21-10-20-22(25(34)27(36)30(3)4)15-31(5)24(20)11-23(21)28;1-24(2,3)14-31-22-19(29-23(31)27)12-11-18(28-22)17-13-20(25(4,5)6)30-21(17)15-7-9-16(26)10-8-15;1-4-9-23-22(30)17-11-28-19(14(17)3)20(24-12-25-28)27-18-10-15(6-5-13(18)2)21(29)26-16-7-8-16;1-12-3-4-16(15(21)9-12)29-17-10-13-11-22-20(23-14(5-7-26)6-8-27)24-18(13)25(2)19(17)28/h6-11,15-17H,12-14H2,1-5H3;7-12H,13-14H2,1-6H3,(H2,27,29);5-6,10-12,16H,4,7-9H2,1-3H3,(H,23,30)(H,26,29)(H,24,25,27);3-4,9-11,14,26-27H,5-8H2,1-2H3,(H,22,23,24)/t16-,17+;;;/m0.../s1. The first-order valence-corrected chi connectivity index (χ1v) is 42.3. The Kier molecular flexibility index (Phi) is 28.8. The molecule has 15 rings (SSSR count). The normalized spacial score (nSPS) is 14.8. The number of nitrogens with one attached hydrogen (secondary N) is 4. The van der Waals surface area contributed by atoms with Gasteiger partial charge in [0.05, 0.1) is 38.6 Å². The third kappa shape index (κ3) is 21.8. The fourth-order valence-corrected chi connectivity index (χ4v) is 15.1. The lowest BCUT2D eigenvalue weighted by Gasteiger charge is -2.44. The molecule has 12 aromatic rings. The minimum absolute atomic E-state index is 0.0356. The van der Waals surface area contributed by atoms with Crippen molar-refractivity contribution in [1.29, 1.82) is 0 Å². The number of fused-ring (bicyclic) bond motifs is 4. The molecule has 0 bridgehead atoms. The summed E-state index contributed by atoms with van der Waals surface area (Å²) < 4.78 is 53.1. The predicted molar refractivity (Wildman–Crippen MR) is 486 cm³/mol. The number of carbonyl (C=O) groups excluding carboxylic acids is 5. The molecule has 126 heavy (non-hydrogen) atoms. The van der Waals surface area contributed by atoms with E-state index in [2.05, 4.69) is 99.7 Å². The van der Waals surface area contributed by atoms with Gasteiger partial charge in [0.1, 0.15) is 34.6 Å². The van der Waals surface area contributed by atoms with E-state index >= 15 is 0 Å². The Labute approximate surface area is 734 Å². The van der Waals surface area contributed by atoms with Gasteiger partial charge < -0.3 is 56.3 Å². The maximum Gasteiger partial charge on any atom is 0.294 e. The number of aliphatic hydroxyl groups is 2. The molecule has 1 saturated carbocycles. The first kappa shape index (κ1) is 92.5. The second kappa shape index (κ2) is 39.2. The molecule has 3 aliphatic rings. The van der Waals surface area contributed by atoms with E-state index in [0.717, 1.165) is 98.7 Å². The van der Waals surface area contributed by atoms with Gasteiger partial charge in [-0.15, -0.1) is 0 Å². The van der Waals surface area contributed by atoms with Crippen molar-refractivity contribution < 1.29 is 52.1 Å². The number of hydrogen-bond donors (Lipinski definition) is 7. The van der Waals surface area contributed by atoms with Crippen LogP contribution in [0.15, 0.2) is 150 Å². The van der Waals surface area contributed by atoms with E-state index in [4.69, 9.17) is 42.3 Å². The van der Waals surface area contributed by atoms with Gasteiger partial charge in [-0.2, -0.15) is 10.1 Å². The molecule has 32 heteroatoms. The van der Waals surface area contributed by atoms with Gasteiger partial charge in [-0.25, -0.2) is 37.6 Å². The molecule has 5 aromatic carbocycles. The van der Waals surface area contributed by atoms with Crippen molar-refractivity contribution in [3.63, 3.8) is 0 Å². The number of aryl methyl sites for hydroxylation is 5. The number of carbonyl (C=O) groups is 5. The Bertz CT molecular complexity index is 6220. The minimum atomic E-state index is -0.636. The fourth-order valence-electron chi connectivity index (χ4n) is 14.8. The van der Waals surface area contributed by atoms with Gasteiger partial charge in [-0.3, -0.25) is 47.8 Å². The summed E-state index contributed by atoms with van der Waals surface area (Å²) in [6.07, 6.45) is 10.8. The molecule has 0 radical (unpaired) electrons. The molecule has 0 unspecified atom stereocenters. The first-order valence-electron chi connectivity index (χ1n) is 41.9. The molecule has 2 fully saturated rings. The highest BCUT2D eigenvalue weighted by Crippen LogP contribution is 2.41. The van der Waals surface area contributed by atoms with E-state index in [-0.39, 0.29) is 94.5 Å². The van der Waals surface area contributed by atoms with Gasteiger partial charge in [-0.1, -0.05) is 84.3 Å². The van der Waals surface area contributed by atoms with Crippen LogP contribution in [0.4, 0.5) is 36.6 Å². The van der Waals surface area contributed by atoms with E-state index in [0.29, 0.717) is 107 Å². The highest BCUT2D eigenvalue weighted by molar-refractivity contribution is 6.45. The number of amides is 4. The zero-order valence-electron chi connectivity index (χ0n) is 73.9. The molecule has 1 aliphatic carbocycles. The van der Waals surface area contributed by atoms with E-state index in [1.165, 1.54) is 78.6 Å². The number of nitrogens with two attached hydrogens (primary N) is 1. The van der Waals surface area contributed by atoms with Crippen molar-refractivity contribution in [2.45, 2.75) is 159 Å². The predicted octanol–water partition coefficient (Wildman–Crippen LogP) is 15.2. The monoisotopic (exact) mass is 1740 g/mol. The van der Waals surface area contributed by atoms with Gasteiger partial charge >= 0.3 is 0 Å². The number of halogens is 4. The lowest BCUT2D eigenvalue weighted by molar-refractivity contribution is -0.124. The number of imidazole rings is 1. The summed E-state index contributed by atoms with van der Waals surface area (Å²) in [5.74, 6) is -1.50. The van der Waals surface area contributed by atoms with Crippen LogP contribution in [0.3, 0.4) is 0 Å². The number of likely N-dealkylation sites (N-methyl/N-ethyl adjacent to an activating group) is 1. The number of rotatable bonds is 23. The average Bonchev–Trinajstić information content (AvgIpc) is 1.63. The van der Waals surface area contributed by atoms with Crippen LogP contribution in [-0.4, -0.2) is 179 Å². The second-order valence-corrected chi connectivity index (χ2v) is 35.1. The van der Waals surface area contributed by atoms with E-state index in [1.54, 1.807) is 89.9 Å². The fraction of sp³-hybridized carbons (Fsp3) is 0.372. The molecule has 2 aliphatic heterocycles. The largest absolute Gasteiger partial charge is 0.448 e. The van der Waals surface area contributed by atoms with Gasteiger partial charge in [-0.05, 0) is 185 Å². The Morgan fingerprint density at radius 1 is 0.762 bits per heavy atom. The first-order chi connectivity index (χ1) is 59.8. The highest BCUT2D eigenvalue weighted by Gasteiger charge is 2.36. The zero-order valence-corrected chi connectivity index (χ0v) is 74.6. The van der Waals surface area contributed by atoms with Gasteiger partial charge in [0.25, 0.3) is 35.0 Å². The third-order valence-electron chi connectivity index (χ3n) is 22.0. The molecule has 2 atom stereocenters. The number of pyridine rings is 2. The summed E-state index contributed by atoms with van der Waals surface area (Å²) in [6, 6.07) is 31.8. The van der Waals surface area contributed by atoms with Crippen LogP contribution in [0.25, 0.3) is 49.9 Å². The lowest BCUT2D eigenvalue weighted by atomic mass is 9.86. The van der Waals surface area contributed by atoms with Crippen molar-refractivity contribution in [1.82, 2.24) is 73.6 Å². The number of aliphatic imine (C=N–C) groups is 1. The van der Waals surface area contributed by atoms with Gasteiger partial charge in [0, 0.05) is 168 Å². The molecule has 8 N–H and O–H groups in total.